The maximum Gasteiger partial charge on any atom is 0.0950 e. The number of hydrogen-bond acceptors (Lipinski definition) is 3. The van der Waals surface area contributed by atoms with Crippen molar-refractivity contribution in [2.24, 2.45) is 11.3 Å². The summed E-state index contributed by atoms with van der Waals surface area (Å²) in [6, 6.07) is 15.8. The first-order chi connectivity index (χ1) is 16.6. The molecule has 5 aliphatic carbocycles. The molecule has 8 rings (SSSR count). The van der Waals surface area contributed by atoms with Crippen molar-refractivity contribution >= 4 is 12.2 Å². The van der Waals surface area contributed by atoms with Gasteiger partial charge in [0.1, 0.15) is 0 Å². The van der Waals surface area contributed by atoms with Gasteiger partial charge in [-0.15, -0.1) is 0 Å². The van der Waals surface area contributed by atoms with Gasteiger partial charge < -0.3 is 14.4 Å². The van der Waals surface area contributed by atoms with E-state index in [9.17, 15) is 0 Å². The van der Waals surface area contributed by atoms with Crippen molar-refractivity contribution < 1.29 is 9.47 Å². The fraction of sp³-hybridized carbons (Fsp3) is 0.484. The van der Waals surface area contributed by atoms with Crippen molar-refractivity contribution in [2.45, 2.75) is 55.8 Å². The second-order valence-corrected chi connectivity index (χ2v) is 11.4. The van der Waals surface area contributed by atoms with Crippen LogP contribution in [0.2, 0.25) is 0 Å². The van der Waals surface area contributed by atoms with Gasteiger partial charge in [0.15, 0.2) is 0 Å². The summed E-state index contributed by atoms with van der Waals surface area (Å²) >= 11 is 0. The molecule has 1 heterocycles. The van der Waals surface area contributed by atoms with Gasteiger partial charge in [-0.1, -0.05) is 61.2 Å². The molecular formula is C31H35NO2. The molecule has 0 N–H and O–H groups in total. The minimum Gasteiger partial charge on any atom is -0.376 e. The van der Waals surface area contributed by atoms with Crippen LogP contribution >= 0.6 is 0 Å². The van der Waals surface area contributed by atoms with E-state index in [1.165, 1.54) is 36.0 Å². The van der Waals surface area contributed by atoms with Crippen LogP contribution in [0.1, 0.15) is 53.5 Å². The van der Waals surface area contributed by atoms with Crippen LogP contribution in [0.3, 0.4) is 0 Å². The first-order valence-electron chi connectivity index (χ1n) is 13.0. The van der Waals surface area contributed by atoms with Gasteiger partial charge in [0.25, 0.3) is 0 Å². The van der Waals surface area contributed by atoms with Crippen LogP contribution in [0, 0.1) is 11.3 Å². The Hall–Kier alpha value is -2.20. The van der Waals surface area contributed by atoms with Crippen molar-refractivity contribution in [3.8, 4) is 0 Å². The van der Waals surface area contributed by atoms with Crippen LogP contribution in [-0.2, 0) is 27.9 Å². The van der Waals surface area contributed by atoms with Crippen LogP contribution < -0.4 is 0 Å². The van der Waals surface area contributed by atoms with Crippen LogP contribution in [0.15, 0.2) is 54.6 Å². The number of likely N-dealkylation sites (N-methyl/N-ethyl adjacent to an activating group) is 1. The highest BCUT2D eigenvalue weighted by Crippen LogP contribution is 2.76. The summed E-state index contributed by atoms with van der Waals surface area (Å²) in [5.74, 6) is 0.381. The highest BCUT2D eigenvalue weighted by atomic mass is 16.5. The van der Waals surface area contributed by atoms with E-state index in [1.54, 1.807) is 16.7 Å². The molecule has 4 bridgehead atoms. The number of methoxy groups -OCH3 is 1. The Morgan fingerprint density at radius 3 is 2.76 bits per heavy atom. The van der Waals surface area contributed by atoms with Crippen LogP contribution in [0.25, 0.3) is 12.2 Å². The number of piperidine rings is 1. The molecule has 3 saturated carbocycles. The van der Waals surface area contributed by atoms with Crippen molar-refractivity contribution in [3.05, 3.63) is 82.4 Å². The molecule has 34 heavy (non-hydrogen) atoms. The maximum absolute atomic E-state index is 6.63. The zero-order valence-electron chi connectivity index (χ0n) is 20.5. The number of hydrogen-bond donors (Lipinski definition) is 0. The SMILES string of the molecule is C=Cc1ccc2c3c1C=C1C4(OC)CCC5(CC4COCc4ccccc4)C(C2)N(C)CCC135. The maximum atomic E-state index is 6.63. The van der Waals surface area contributed by atoms with Gasteiger partial charge in [0.05, 0.1) is 18.8 Å². The summed E-state index contributed by atoms with van der Waals surface area (Å²) in [5.41, 5.74) is 8.88. The van der Waals surface area contributed by atoms with Crippen LogP contribution in [-0.4, -0.2) is 43.9 Å². The summed E-state index contributed by atoms with van der Waals surface area (Å²) < 4.78 is 13.1. The molecular weight excluding hydrogens is 418 g/mol. The first kappa shape index (κ1) is 21.1. The van der Waals surface area contributed by atoms with Gasteiger partial charge in [-0.05, 0) is 79.1 Å². The third kappa shape index (κ3) is 2.34. The van der Waals surface area contributed by atoms with Gasteiger partial charge in [0.2, 0.25) is 0 Å². The summed E-state index contributed by atoms with van der Waals surface area (Å²) in [7, 11) is 4.32. The van der Waals surface area contributed by atoms with Gasteiger partial charge in [-0.25, -0.2) is 0 Å². The Morgan fingerprint density at radius 2 is 1.97 bits per heavy atom. The zero-order chi connectivity index (χ0) is 23.1. The zero-order valence-corrected chi connectivity index (χ0v) is 20.5. The molecule has 0 radical (unpaired) electrons. The smallest absolute Gasteiger partial charge is 0.0950 e. The molecule has 176 valence electrons. The number of nitrogens with zero attached hydrogens (tertiary/aromatic N) is 1. The summed E-state index contributed by atoms with van der Waals surface area (Å²) in [5, 5.41) is 0. The Bertz CT molecular complexity index is 1200. The molecule has 3 heteroatoms. The molecule has 0 amide bonds. The number of rotatable bonds is 6. The molecule has 5 unspecified atom stereocenters. The average molecular weight is 454 g/mol. The number of benzene rings is 2. The van der Waals surface area contributed by atoms with Crippen LogP contribution in [0.4, 0.5) is 0 Å². The van der Waals surface area contributed by atoms with Crippen LogP contribution in [0.5, 0.6) is 0 Å². The van der Waals surface area contributed by atoms with E-state index >= 15 is 0 Å². The minimum atomic E-state index is -0.231. The van der Waals surface area contributed by atoms with Gasteiger partial charge >= 0.3 is 0 Å². The third-order valence-corrected chi connectivity index (χ3v) is 10.5. The first-order valence-corrected chi connectivity index (χ1v) is 13.0. The number of ether oxygens (including phenoxy) is 2. The lowest BCUT2D eigenvalue weighted by molar-refractivity contribution is -0.203. The molecule has 3 nitrogen and oxygen atoms in total. The predicted molar refractivity (Wildman–Crippen MR) is 137 cm³/mol. The highest BCUT2D eigenvalue weighted by molar-refractivity contribution is 5.82. The number of fused-ring (bicyclic) bond motifs is 2. The van der Waals surface area contributed by atoms with E-state index in [4.69, 9.17) is 9.47 Å². The van der Waals surface area contributed by atoms with Crippen molar-refractivity contribution in [2.75, 3.05) is 27.3 Å². The second-order valence-electron chi connectivity index (χ2n) is 11.4. The van der Waals surface area contributed by atoms with E-state index in [1.807, 2.05) is 7.11 Å². The molecule has 4 fully saturated rings. The molecule has 5 atom stereocenters. The van der Waals surface area contributed by atoms with E-state index in [-0.39, 0.29) is 16.4 Å². The predicted octanol–water partition coefficient (Wildman–Crippen LogP) is 5.63. The summed E-state index contributed by atoms with van der Waals surface area (Å²) in [6.45, 7) is 6.75. The largest absolute Gasteiger partial charge is 0.376 e. The highest BCUT2D eigenvalue weighted by Gasteiger charge is 2.76. The van der Waals surface area contributed by atoms with Crippen molar-refractivity contribution in [3.63, 3.8) is 0 Å². The summed E-state index contributed by atoms with van der Waals surface area (Å²) in [4.78, 5) is 2.68. The fourth-order valence-corrected chi connectivity index (χ4v) is 9.20. The Kier molecular flexibility index (Phi) is 4.45. The molecule has 2 aromatic carbocycles. The summed E-state index contributed by atoms with van der Waals surface area (Å²) in [6.07, 6.45) is 10.5. The van der Waals surface area contributed by atoms with Gasteiger partial charge in [-0.2, -0.15) is 0 Å². The average Bonchev–Trinajstić information content (AvgIpc) is 3.24. The van der Waals surface area contributed by atoms with E-state index in [2.05, 4.69) is 73.1 Å². The van der Waals surface area contributed by atoms with E-state index in [0.29, 0.717) is 18.6 Å². The monoisotopic (exact) mass is 453 g/mol. The Balaban J connectivity index is 1.36. The molecule has 1 aliphatic heterocycles. The quantitative estimate of drug-likeness (QED) is 0.566. The lowest BCUT2D eigenvalue weighted by atomic mass is 9.35. The molecule has 2 spiro atoms. The standard InChI is InChI=1S/C31H35NO2/c1-4-22-10-11-23-16-27-29-12-13-31(33-3,24(18-29)20-34-19-21-8-6-5-7-9-21)26-17-25(22)28(23)30(26,29)14-15-32(27)2/h4-11,17,24,27H,1,12-16,18-20H2,2-3H3. The molecule has 6 aliphatic rings. The third-order valence-electron chi connectivity index (χ3n) is 10.5. The van der Waals surface area contributed by atoms with Crippen molar-refractivity contribution in [1.82, 2.24) is 4.90 Å². The van der Waals surface area contributed by atoms with Gasteiger partial charge in [-0.3, -0.25) is 0 Å². The lowest BCUT2D eigenvalue weighted by Crippen LogP contribution is -2.75. The Morgan fingerprint density at radius 1 is 1.12 bits per heavy atom. The Labute approximate surface area is 203 Å². The van der Waals surface area contributed by atoms with Gasteiger partial charge in [0, 0.05) is 29.9 Å². The molecule has 2 aromatic rings. The lowest BCUT2D eigenvalue weighted by Gasteiger charge is -2.73. The topological polar surface area (TPSA) is 21.7 Å². The van der Waals surface area contributed by atoms with E-state index in [0.717, 1.165) is 26.0 Å². The molecule has 0 aromatic heterocycles. The molecule has 1 saturated heterocycles. The minimum absolute atomic E-state index is 0.121. The van der Waals surface area contributed by atoms with E-state index < -0.39 is 0 Å². The normalized spacial score (nSPS) is 36.8. The fourth-order valence-electron chi connectivity index (χ4n) is 9.20. The van der Waals surface area contributed by atoms with Crippen molar-refractivity contribution in [1.29, 1.82) is 0 Å². The second kappa shape index (κ2) is 7.16. The number of likely N-dealkylation sites (tertiary alicyclic amines) is 1.